The lowest BCUT2D eigenvalue weighted by atomic mass is 10.2. The van der Waals surface area contributed by atoms with Gasteiger partial charge in [-0.05, 0) is 18.6 Å². The number of hydrogen-bond donors (Lipinski definition) is 1. The summed E-state index contributed by atoms with van der Waals surface area (Å²) in [7, 11) is 0. The number of ether oxygens (including phenoxy) is 1. The molecule has 0 saturated carbocycles. The van der Waals surface area contributed by atoms with Crippen LogP contribution >= 0.6 is 22.7 Å². The standard InChI is InChI=1S/C20H19N3O3S2/c1-14-22-16(12-27-14)7-8-20(25)26-11-17-13-28-19(23-17)9-18(24)21-10-15-5-3-2-4-6-15/h2-8,12-13H,9-11H2,1H3,(H,21,24)/b8-7+. The van der Waals surface area contributed by atoms with Gasteiger partial charge >= 0.3 is 5.97 Å². The number of nitrogens with zero attached hydrogens (tertiary/aromatic N) is 2. The van der Waals surface area contributed by atoms with Crippen LogP contribution in [0.25, 0.3) is 6.08 Å². The Morgan fingerprint density at radius 1 is 1.14 bits per heavy atom. The molecule has 0 aliphatic heterocycles. The average molecular weight is 414 g/mol. The third-order valence-electron chi connectivity index (χ3n) is 3.63. The van der Waals surface area contributed by atoms with Crippen LogP contribution in [0.1, 0.15) is 27.0 Å². The van der Waals surface area contributed by atoms with Gasteiger partial charge in [-0.3, -0.25) is 4.79 Å². The normalized spacial score (nSPS) is 10.9. The lowest BCUT2D eigenvalue weighted by Gasteiger charge is -2.03. The minimum Gasteiger partial charge on any atom is -0.456 e. The van der Waals surface area contributed by atoms with Gasteiger partial charge in [0, 0.05) is 23.4 Å². The molecular weight excluding hydrogens is 394 g/mol. The van der Waals surface area contributed by atoms with E-state index < -0.39 is 5.97 Å². The zero-order valence-corrected chi connectivity index (χ0v) is 16.9. The molecule has 0 unspecified atom stereocenters. The Balaban J connectivity index is 1.41. The molecule has 0 aliphatic carbocycles. The van der Waals surface area contributed by atoms with E-state index in [2.05, 4.69) is 15.3 Å². The number of amides is 1. The van der Waals surface area contributed by atoms with Gasteiger partial charge in [0.05, 0.1) is 22.8 Å². The lowest BCUT2D eigenvalue weighted by Crippen LogP contribution is -2.24. The molecule has 3 aromatic rings. The Morgan fingerprint density at radius 2 is 1.96 bits per heavy atom. The number of carbonyl (C=O) groups is 2. The molecule has 8 heteroatoms. The maximum atomic E-state index is 12.0. The van der Waals surface area contributed by atoms with Crippen LogP contribution in [0.5, 0.6) is 0 Å². The molecule has 6 nitrogen and oxygen atoms in total. The first-order valence-corrected chi connectivity index (χ1v) is 10.4. The molecule has 0 aliphatic rings. The molecule has 144 valence electrons. The highest BCUT2D eigenvalue weighted by Gasteiger charge is 2.09. The Morgan fingerprint density at radius 3 is 2.71 bits per heavy atom. The predicted molar refractivity (Wildman–Crippen MR) is 110 cm³/mol. The van der Waals surface area contributed by atoms with Gasteiger partial charge in [0.1, 0.15) is 11.6 Å². The van der Waals surface area contributed by atoms with Crippen LogP contribution in [-0.2, 0) is 33.9 Å². The van der Waals surface area contributed by atoms with Crippen molar-refractivity contribution >= 4 is 40.6 Å². The summed E-state index contributed by atoms with van der Waals surface area (Å²) < 4.78 is 5.17. The molecule has 2 aromatic heterocycles. The fourth-order valence-corrected chi connectivity index (χ4v) is 3.65. The van der Waals surface area contributed by atoms with Crippen LogP contribution in [0.2, 0.25) is 0 Å². The SMILES string of the molecule is Cc1nc(/C=C/C(=O)OCc2csc(CC(=O)NCc3ccccc3)n2)cs1. The van der Waals surface area contributed by atoms with Crippen molar-refractivity contribution in [1.82, 2.24) is 15.3 Å². The van der Waals surface area contributed by atoms with Gasteiger partial charge in [0.15, 0.2) is 0 Å². The number of aromatic nitrogens is 2. The summed E-state index contributed by atoms with van der Waals surface area (Å²) in [5.41, 5.74) is 2.41. The molecule has 28 heavy (non-hydrogen) atoms. The highest BCUT2D eigenvalue weighted by molar-refractivity contribution is 7.10. The molecule has 0 radical (unpaired) electrons. The van der Waals surface area contributed by atoms with E-state index in [0.29, 0.717) is 17.2 Å². The second kappa shape index (κ2) is 9.91. The van der Waals surface area contributed by atoms with Crippen molar-refractivity contribution in [3.8, 4) is 0 Å². The number of carbonyl (C=O) groups excluding carboxylic acids is 2. The smallest absolute Gasteiger partial charge is 0.331 e. The number of thiazole rings is 2. The van der Waals surface area contributed by atoms with Gasteiger partial charge in [-0.15, -0.1) is 22.7 Å². The molecule has 2 heterocycles. The van der Waals surface area contributed by atoms with E-state index in [1.54, 1.807) is 11.5 Å². The highest BCUT2D eigenvalue weighted by atomic mass is 32.1. The Kier molecular flexibility index (Phi) is 7.05. The molecule has 1 amide bonds. The minimum atomic E-state index is -0.458. The first kappa shape index (κ1) is 19.9. The second-order valence-corrected chi connectivity index (χ2v) is 7.91. The van der Waals surface area contributed by atoms with Gasteiger partial charge in [-0.1, -0.05) is 30.3 Å². The average Bonchev–Trinajstić information content (AvgIpc) is 3.32. The van der Waals surface area contributed by atoms with Crippen molar-refractivity contribution in [2.75, 3.05) is 0 Å². The Bertz CT molecular complexity index is 964. The maximum Gasteiger partial charge on any atom is 0.331 e. The third kappa shape index (κ3) is 6.40. The van der Waals surface area contributed by atoms with Crippen LogP contribution in [0.15, 0.2) is 47.2 Å². The second-order valence-electron chi connectivity index (χ2n) is 5.90. The van der Waals surface area contributed by atoms with Crippen LogP contribution in [0, 0.1) is 6.92 Å². The highest BCUT2D eigenvalue weighted by Crippen LogP contribution is 2.12. The van der Waals surface area contributed by atoms with E-state index in [-0.39, 0.29) is 18.9 Å². The molecule has 0 bridgehead atoms. The summed E-state index contributed by atoms with van der Waals surface area (Å²) in [6, 6.07) is 9.72. The summed E-state index contributed by atoms with van der Waals surface area (Å²) in [4.78, 5) is 32.4. The molecule has 0 spiro atoms. The molecule has 0 fully saturated rings. The van der Waals surface area contributed by atoms with Gasteiger partial charge in [-0.25, -0.2) is 14.8 Å². The van der Waals surface area contributed by atoms with Gasteiger partial charge in [0.25, 0.3) is 0 Å². The van der Waals surface area contributed by atoms with Crippen molar-refractivity contribution in [3.63, 3.8) is 0 Å². The van der Waals surface area contributed by atoms with Crippen molar-refractivity contribution < 1.29 is 14.3 Å². The molecule has 0 saturated heterocycles. The van der Waals surface area contributed by atoms with E-state index in [1.807, 2.05) is 42.6 Å². The summed E-state index contributed by atoms with van der Waals surface area (Å²) in [6.45, 7) is 2.46. The number of rotatable bonds is 8. The predicted octanol–water partition coefficient (Wildman–Crippen LogP) is 3.52. The Hall–Kier alpha value is -2.84. The number of esters is 1. The van der Waals surface area contributed by atoms with Gasteiger partial charge in [-0.2, -0.15) is 0 Å². The molecule has 0 atom stereocenters. The summed E-state index contributed by atoms with van der Waals surface area (Å²) in [5, 5.41) is 8.16. The summed E-state index contributed by atoms with van der Waals surface area (Å²) in [5.74, 6) is -0.552. The van der Waals surface area contributed by atoms with Crippen molar-refractivity contribution in [3.05, 3.63) is 74.1 Å². The first-order chi connectivity index (χ1) is 13.6. The summed E-state index contributed by atoms with van der Waals surface area (Å²) >= 11 is 2.89. The fraction of sp³-hybridized carbons (Fsp3) is 0.200. The zero-order valence-electron chi connectivity index (χ0n) is 15.3. The lowest BCUT2D eigenvalue weighted by molar-refractivity contribution is -0.139. The van der Waals surface area contributed by atoms with E-state index >= 15 is 0 Å². The van der Waals surface area contributed by atoms with E-state index in [1.165, 1.54) is 28.7 Å². The molecule has 1 aromatic carbocycles. The van der Waals surface area contributed by atoms with Gasteiger partial charge < -0.3 is 10.1 Å². The van der Waals surface area contributed by atoms with Crippen LogP contribution < -0.4 is 5.32 Å². The third-order valence-corrected chi connectivity index (χ3v) is 5.32. The zero-order chi connectivity index (χ0) is 19.8. The van der Waals surface area contributed by atoms with Crippen molar-refractivity contribution in [2.45, 2.75) is 26.5 Å². The number of benzene rings is 1. The monoisotopic (exact) mass is 413 g/mol. The fourth-order valence-electron chi connectivity index (χ4n) is 2.30. The quantitative estimate of drug-likeness (QED) is 0.451. The molecular formula is C20H19N3O3S2. The minimum absolute atomic E-state index is 0.0708. The van der Waals surface area contributed by atoms with E-state index in [0.717, 1.165) is 16.3 Å². The number of hydrogen-bond acceptors (Lipinski definition) is 7. The van der Waals surface area contributed by atoms with Crippen molar-refractivity contribution in [2.24, 2.45) is 0 Å². The number of aryl methyl sites for hydroxylation is 1. The summed E-state index contributed by atoms with van der Waals surface area (Å²) in [6.07, 6.45) is 3.17. The van der Waals surface area contributed by atoms with Gasteiger partial charge in [0.2, 0.25) is 5.91 Å². The molecule has 3 rings (SSSR count). The van der Waals surface area contributed by atoms with E-state index in [9.17, 15) is 9.59 Å². The topological polar surface area (TPSA) is 81.2 Å². The van der Waals surface area contributed by atoms with Crippen LogP contribution in [0.3, 0.4) is 0 Å². The largest absolute Gasteiger partial charge is 0.456 e. The van der Waals surface area contributed by atoms with Crippen molar-refractivity contribution in [1.29, 1.82) is 0 Å². The van der Waals surface area contributed by atoms with E-state index in [4.69, 9.17) is 4.74 Å². The number of nitrogens with one attached hydrogen (secondary N) is 1. The maximum absolute atomic E-state index is 12.0. The first-order valence-electron chi connectivity index (χ1n) is 8.59. The Labute approximate surface area is 170 Å². The van der Waals surface area contributed by atoms with Crippen LogP contribution in [-0.4, -0.2) is 21.8 Å². The molecule has 1 N–H and O–H groups in total. The van der Waals surface area contributed by atoms with Crippen LogP contribution in [0.4, 0.5) is 0 Å².